The molecule has 1 aliphatic rings. The van der Waals surface area contributed by atoms with Gasteiger partial charge in [-0.05, 0) is 49.6 Å². The molecule has 10 heteroatoms. The number of thiocarbonyl (C=S) groups is 1. The molecule has 4 rings (SSSR count). The number of carbonyl (C=O) groups is 1. The highest BCUT2D eigenvalue weighted by atomic mass is 32.2. The SMILES string of the molecule is CCCCN1C(=O)C(=Cc2cn(-c3ccccc3)nc2-c2cccc(S(=O)(=O)N(CCC)CCC)c2)SC1=S. The van der Waals surface area contributed by atoms with Crippen molar-refractivity contribution < 1.29 is 13.2 Å². The van der Waals surface area contributed by atoms with Gasteiger partial charge in [0.15, 0.2) is 0 Å². The molecule has 1 saturated heterocycles. The summed E-state index contributed by atoms with van der Waals surface area (Å²) in [5, 5.41) is 4.84. The standard InChI is InChI=1S/C29H34N4O3S3/c1-4-7-18-32-28(34)26(38-29(32)37)20-23-21-33(24-13-9-8-10-14-24)30-27(23)22-12-11-15-25(19-22)39(35,36)31(16-5-2)17-6-3/h8-15,19-21H,4-7,16-18H2,1-3H3. The summed E-state index contributed by atoms with van der Waals surface area (Å²) in [6.45, 7) is 7.56. The molecular weight excluding hydrogens is 549 g/mol. The third-order valence-electron chi connectivity index (χ3n) is 6.35. The Labute approximate surface area is 240 Å². The van der Waals surface area contributed by atoms with Gasteiger partial charge in [-0.15, -0.1) is 0 Å². The first-order valence-electron chi connectivity index (χ1n) is 13.3. The van der Waals surface area contributed by atoms with E-state index < -0.39 is 10.0 Å². The van der Waals surface area contributed by atoms with Crippen LogP contribution in [0.1, 0.15) is 52.0 Å². The van der Waals surface area contributed by atoms with Crippen LogP contribution < -0.4 is 0 Å². The molecule has 39 heavy (non-hydrogen) atoms. The zero-order chi connectivity index (χ0) is 28.0. The molecule has 3 aromatic rings. The molecule has 0 unspecified atom stereocenters. The topological polar surface area (TPSA) is 75.5 Å². The van der Waals surface area contributed by atoms with E-state index in [2.05, 4.69) is 6.92 Å². The van der Waals surface area contributed by atoms with E-state index in [1.54, 1.807) is 27.8 Å². The summed E-state index contributed by atoms with van der Waals surface area (Å²) in [6.07, 6.45) is 7.00. The van der Waals surface area contributed by atoms with E-state index in [9.17, 15) is 13.2 Å². The number of aromatic nitrogens is 2. The summed E-state index contributed by atoms with van der Waals surface area (Å²) in [5.74, 6) is -0.108. The predicted molar refractivity (Wildman–Crippen MR) is 163 cm³/mol. The number of hydrogen-bond acceptors (Lipinski definition) is 6. The lowest BCUT2D eigenvalue weighted by Gasteiger charge is -2.21. The van der Waals surface area contributed by atoms with Crippen LogP contribution in [0, 0.1) is 0 Å². The molecule has 2 heterocycles. The van der Waals surface area contributed by atoms with Gasteiger partial charge in [0, 0.05) is 37.0 Å². The minimum absolute atomic E-state index is 0.108. The minimum Gasteiger partial charge on any atom is -0.293 e. The van der Waals surface area contributed by atoms with Gasteiger partial charge in [0.05, 0.1) is 15.5 Å². The summed E-state index contributed by atoms with van der Waals surface area (Å²) < 4.78 is 30.9. The lowest BCUT2D eigenvalue weighted by Crippen LogP contribution is -2.32. The highest BCUT2D eigenvalue weighted by Crippen LogP contribution is 2.35. The van der Waals surface area contributed by atoms with Gasteiger partial charge in [-0.3, -0.25) is 9.69 Å². The first kappa shape index (κ1) is 29.2. The summed E-state index contributed by atoms with van der Waals surface area (Å²) in [6, 6.07) is 16.6. The molecular formula is C29H34N4O3S3. The largest absolute Gasteiger partial charge is 0.293 e. The number of carbonyl (C=O) groups excluding carboxylic acids is 1. The maximum absolute atomic E-state index is 13.5. The van der Waals surface area contributed by atoms with Crippen LogP contribution in [-0.2, 0) is 14.8 Å². The third kappa shape index (κ3) is 6.51. The van der Waals surface area contributed by atoms with Crippen LogP contribution in [0.25, 0.3) is 23.0 Å². The molecule has 1 aromatic heterocycles. The Morgan fingerprint density at radius 1 is 1.00 bits per heavy atom. The number of amides is 1. The highest BCUT2D eigenvalue weighted by Gasteiger charge is 2.32. The van der Waals surface area contributed by atoms with Crippen LogP contribution in [0.2, 0.25) is 0 Å². The maximum Gasteiger partial charge on any atom is 0.266 e. The Morgan fingerprint density at radius 2 is 1.72 bits per heavy atom. The molecule has 1 aliphatic heterocycles. The second-order valence-corrected chi connectivity index (χ2v) is 12.9. The number of unbranched alkanes of at least 4 members (excludes halogenated alkanes) is 1. The van der Waals surface area contributed by atoms with Gasteiger partial charge in [-0.1, -0.05) is 81.5 Å². The van der Waals surface area contributed by atoms with E-state index >= 15 is 0 Å². The van der Waals surface area contributed by atoms with Gasteiger partial charge in [-0.2, -0.15) is 9.40 Å². The zero-order valence-electron chi connectivity index (χ0n) is 22.5. The van der Waals surface area contributed by atoms with Gasteiger partial charge in [0.2, 0.25) is 10.0 Å². The van der Waals surface area contributed by atoms with Crippen molar-refractivity contribution in [2.24, 2.45) is 0 Å². The lowest BCUT2D eigenvalue weighted by atomic mass is 10.1. The van der Waals surface area contributed by atoms with E-state index in [1.165, 1.54) is 16.1 Å². The number of benzene rings is 2. The Balaban J connectivity index is 1.79. The van der Waals surface area contributed by atoms with Crippen LogP contribution in [0.4, 0.5) is 0 Å². The fraction of sp³-hybridized carbons (Fsp3) is 0.345. The van der Waals surface area contributed by atoms with Crippen LogP contribution in [-0.4, -0.2) is 57.3 Å². The van der Waals surface area contributed by atoms with Crippen molar-refractivity contribution in [3.63, 3.8) is 0 Å². The molecule has 0 aliphatic carbocycles. The number of hydrogen-bond donors (Lipinski definition) is 0. The van der Waals surface area contributed by atoms with Crippen LogP contribution in [0.3, 0.4) is 0 Å². The van der Waals surface area contributed by atoms with Crippen molar-refractivity contribution in [1.29, 1.82) is 0 Å². The number of nitrogens with zero attached hydrogens (tertiary/aromatic N) is 4. The Hall–Kier alpha value is -2.79. The van der Waals surface area contributed by atoms with E-state index in [-0.39, 0.29) is 10.8 Å². The number of sulfonamides is 1. The number of para-hydroxylation sites is 1. The average molecular weight is 583 g/mol. The van der Waals surface area contributed by atoms with E-state index in [4.69, 9.17) is 17.3 Å². The third-order valence-corrected chi connectivity index (χ3v) is 9.62. The smallest absolute Gasteiger partial charge is 0.266 e. The summed E-state index contributed by atoms with van der Waals surface area (Å²) in [5.41, 5.74) is 2.82. The van der Waals surface area contributed by atoms with Crippen molar-refractivity contribution in [1.82, 2.24) is 19.0 Å². The molecule has 0 saturated carbocycles. The highest BCUT2D eigenvalue weighted by molar-refractivity contribution is 8.26. The van der Waals surface area contributed by atoms with Gasteiger partial charge in [0.1, 0.15) is 10.0 Å². The van der Waals surface area contributed by atoms with Crippen molar-refractivity contribution in [2.45, 2.75) is 51.3 Å². The Morgan fingerprint density at radius 3 is 2.38 bits per heavy atom. The number of thioether (sulfide) groups is 1. The number of rotatable bonds is 12. The maximum atomic E-state index is 13.5. The lowest BCUT2D eigenvalue weighted by molar-refractivity contribution is -0.122. The Bertz CT molecular complexity index is 1460. The molecule has 0 N–H and O–H groups in total. The summed E-state index contributed by atoms with van der Waals surface area (Å²) >= 11 is 6.78. The predicted octanol–water partition coefficient (Wildman–Crippen LogP) is 6.35. The van der Waals surface area contributed by atoms with Crippen molar-refractivity contribution in [3.05, 3.63) is 71.3 Å². The quantitative estimate of drug-likeness (QED) is 0.183. The molecule has 0 spiro atoms. The monoisotopic (exact) mass is 582 g/mol. The molecule has 2 aromatic carbocycles. The van der Waals surface area contributed by atoms with Crippen molar-refractivity contribution >= 4 is 50.3 Å². The normalized spacial score (nSPS) is 15.2. The molecule has 1 fully saturated rings. The van der Waals surface area contributed by atoms with Crippen LogP contribution >= 0.6 is 24.0 Å². The molecule has 0 bridgehead atoms. The van der Waals surface area contributed by atoms with Crippen molar-refractivity contribution in [2.75, 3.05) is 19.6 Å². The van der Waals surface area contributed by atoms with Gasteiger partial charge in [0.25, 0.3) is 5.91 Å². The average Bonchev–Trinajstić information content (AvgIpc) is 3.48. The van der Waals surface area contributed by atoms with Crippen LogP contribution in [0.15, 0.2) is 70.6 Å². The molecule has 206 valence electrons. The summed E-state index contributed by atoms with van der Waals surface area (Å²) in [4.78, 5) is 15.6. The summed E-state index contributed by atoms with van der Waals surface area (Å²) in [7, 11) is -3.67. The van der Waals surface area contributed by atoms with E-state index in [0.29, 0.717) is 45.7 Å². The van der Waals surface area contributed by atoms with Gasteiger partial charge < -0.3 is 0 Å². The minimum atomic E-state index is -3.67. The first-order valence-corrected chi connectivity index (χ1v) is 16.0. The second-order valence-electron chi connectivity index (χ2n) is 9.33. The van der Waals surface area contributed by atoms with E-state index in [0.717, 1.165) is 31.4 Å². The van der Waals surface area contributed by atoms with Crippen molar-refractivity contribution in [3.8, 4) is 16.9 Å². The molecule has 0 atom stereocenters. The van der Waals surface area contributed by atoms with Gasteiger partial charge >= 0.3 is 0 Å². The van der Waals surface area contributed by atoms with E-state index in [1.807, 2.05) is 62.5 Å². The fourth-order valence-corrected chi connectivity index (χ4v) is 7.35. The molecule has 7 nitrogen and oxygen atoms in total. The Kier molecular flexibility index (Phi) is 9.76. The first-order chi connectivity index (χ1) is 18.8. The van der Waals surface area contributed by atoms with Crippen LogP contribution in [0.5, 0.6) is 0 Å². The molecule has 1 amide bonds. The second kappa shape index (κ2) is 13.0. The van der Waals surface area contributed by atoms with Gasteiger partial charge in [-0.25, -0.2) is 13.1 Å². The fourth-order valence-electron chi connectivity index (χ4n) is 4.38. The zero-order valence-corrected chi connectivity index (χ0v) is 25.0. The molecule has 0 radical (unpaired) electrons.